The Kier molecular flexibility index (Phi) is 7.84. The van der Waals surface area contributed by atoms with Gasteiger partial charge in [-0.15, -0.1) is 12.4 Å². The lowest BCUT2D eigenvalue weighted by molar-refractivity contribution is -0.384. The lowest BCUT2D eigenvalue weighted by Gasteiger charge is -2.09. The largest absolute Gasteiger partial charge is 0.359 e. The highest BCUT2D eigenvalue weighted by atomic mass is 35.5. The van der Waals surface area contributed by atoms with E-state index in [0.29, 0.717) is 19.0 Å². The number of guanidine groups is 1. The van der Waals surface area contributed by atoms with E-state index in [2.05, 4.69) is 20.9 Å². The number of carbonyl (C=O) groups excluding carboxylic acids is 1. The van der Waals surface area contributed by atoms with Gasteiger partial charge >= 0.3 is 0 Å². The van der Waals surface area contributed by atoms with Gasteiger partial charge in [-0.1, -0.05) is 0 Å². The highest BCUT2D eigenvalue weighted by Crippen LogP contribution is 2.14. The first-order chi connectivity index (χ1) is 9.49. The standard InChI is InChI=1S/C11H18N6O3.ClH/c1-12-11(13-2)15-5-4-14-10(18)9-6-8(17(19)20)7-16(9)3;/h6-7H,4-5H2,1-3H3,(H,14,18)(H2,12,13,15);1H. The third-order valence-electron chi connectivity index (χ3n) is 2.60. The molecule has 0 aliphatic heterocycles. The Bertz CT molecular complexity index is 528. The molecule has 0 radical (unpaired) electrons. The Morgan fingerprint density at radius 1 is 1.43 bits per heavy atom. The maximum atomic E-state index is 11.9. The molecule has 0 unspecified atom stereocenters. The zero-order chi connectivity index (χ0) is 15.1. The summed E-state index contributed by atoms with van der Waals surface area (Å²) in [5.41, 5.74) is 0.140. The Morgan fingerprint density at radius 2 is 2.05 bits per heavy atom. The number of aromatic nitrogens is 1. The molecule has 0 saturated heterocycles. The van der Waals surface area contributed by atoms with Gasteiger partial charge in [-0.25, -0.2) is 0 Å². The van der Waals surface area contributed by atoms with E-state index in [9.17, 15) is 14.9 Å². The number of rotatable bonds is 5. The summed E-state index contributed by atoms with van der Waals surface area (Å²) in [6.07, 6.45) is 1.30. The summed E-state index contributed by atoms with van der Waals surface area (Å²) in [5, 5.41) is 19.1. The molecule has 1 heterocycles. The summed E-state index contributed by atoms with van der Waals surface area (Å²) in [6, 6.07) is 1.25. The SMILES string of the molecule is CN=C(NC)NCCNC(=O)c1cc([N+](=O)[O-])cn1C.Cl. The second-order valence-electron chi connectivity index (χ2n) is 3.96. The fourth-order valence-electron chi connectivity index (χ4n) is 1.60. The van der Waals surface area contributed by atoms with Gasteiger partial charge in [0.1, 0.15) is 5.69 Å². The molecule has 0 spiro atoms. The smallest absolute Gasteiger partial charge is 0.287 e. The van der Waals surface area contributed by atoms with Gasteiger partial charge in [-0.3, -0.25) is 19.9 Å². The Hall–Kier alpha value is -2.29. The van der Waals surface area contributed by atoms with Crippen LogP contribution < -0.4 is 16.0 Å². The van der Waals surface area contributed by atoms with Crippen LogP contribution in [-0.2, 0) is 7.05 Å². The third-order valence-corrected chi connectivity index (χ3v) is 2.60. The van der Waals surface area contributed by atoms with Gasteiger partial charge in [0.2, 0.25) is 0 Å². The predicted molar refractivity (Wildman–Crippen MR) is 82.1 cm³/mol. The van der Waals surface area contributed by atoms with Crippen LogP contribution in [0.2, 0.25) is 0 Å². The van der Waals surface area contributed by atoms with Gasteiger partial charge < -0.3 is 20.5 Å². The maximum Gasteiger partial charge on any atom is 0.287 e. The molecule has 0 fully saturated rings. The van der Waals surface area contributed by atoms with E-state index in [0.717, 1.165) is 0 Å². The number of nitrogens with zero attached hydrogens (tertiary/aromatic N) is 3. The van der Waals surface area contributed by atoms with E-state index in [1.165, 1.54) is 16.8 Å². The normalized spacial score (nSPS) is 10.5. The first-order valence-electron chi connectivity index (χ1n) is 5.97. The van der Waals surface area contributed by atoms with Crippen molar-refractivity contribution in [2.75, 3.05) is 27.2 Å². The second kappa shape index (κ2) is 8.80. The van der Waals surface area contributed by atoms with Crippen LogP contribution in [0.1, 0.15) is 10.5 Å². The van der Waals surface area contributed by atoms with Crippen LogP contribution in [0.4, 0.5) is 5.69 Å². The number of aryl methyl sites for hydroxylation is 1. The van der Waals surface area contributed by atoms with Gasteiger partial charge in [-0.05, 0) is 0 Å². The van der Waals surface area contributed by atoms with Crippen molar-refractivity contribution >= 4 is 30.0 Å². The summed E-state index contributed by atoms with van der Waals surface area (Å²) in [5.74, 6) is 0.260. The van der Waals surface area contributed by atoms with Crippen molar-refractivity contribution in [3.05, 3.63) is 28.1 Å². The molecule has 1 amide bonds. The van der Waals surface area contributed by atoms with Crippen molar-refractivity contribution in [1.29, 1.82) is 0 Å². The minimum Gasteiger partial charge on any atom is -0.359 e. The topological polar surface area (TPSA) is 114 Å². The summed E-state index contributed by atoms with van der Waals surface area (Å²) < 4.78 is 1.42. The van der Waals surface area contributed by atoms with Crippen LogP contribution in [0, 0.1) is 10.1 Å². The van der Waals surface area contributed by atoms with Gasteiger partial charge in [-0.2, -0.15) is 0 Å². The van der Waals surface area contributed by atoms with Crippen LogP contribution in [-0.4, -0.2) is 48.5 Å². The number of halogens is 1. The molecule has 1 aromatic heterocycles. The zero-order valence-electron chi connectivity index (χ0n) is 12.0. The lowest BCUT2D eigenvalue weighted by atomic mass is 10.4. The Morgan fingerprint density at radius 3 is 2.52 bits per heavy atom. The van der Waals surface area contributed by atoms with Crippen LogP contribution in [0.25, 0.3) is 0 Å². The third kappa shape index (κ3) is 5.30. The highest BCUT2D eigenvalue weighted by Gasteiger charge is 2.16. The number of hydrogen-bond donors (Lipinski definition) is 3. The molecule has 10 heteroatoms. The minimum absolute atomic E-state index is 0. The number of aliphatic imine (C=N–C) groups is 1. The molecule has 0 bridgehead atoms. The summed E-state index contributed by atoms with van der Waals surface area (Å²) >= 11 is 0. The molecular weight excluding hydrogens is 300 g/mol. The quantitative estimate of drug-likeness (QED) is 0.230. The van der Waals surface area contributed by atoms with Crippen LogP contribution in [0.3, 0.4) is 0 Å². The first kappa shape index (κ1) is 18.7. The Labute approximate surface area is 128 Å². The highest BCUT2D eigenvalue weighted by molar-refractivity contribution is 5.93. The van der Waals surface area contributed by atoms with Crippen molar-refractivity contribution < 1.29 is 9.72 Å². The predicted octanol–water partition coefficient (Wildman–Crippen LogP) is -0.120. The van der Waals surface area contributed by atoms with Gasteiger partial charge in [0.15, 0.2) is 5.96 Å². The number of carbonyl (C=O) groups is 1. The molecule has 0 atom stereocenters. The van der Waals surface area contributed by atoms with E-state index >= 15 is 0 Å². The van der Waals surface area contributed by atoms with E-state index in [1.807, 2.05) is 0 Å². The average molecular weight is 319 g/mol. The molecule has 1 rings (SSSR count). The molecule has 1 aromatic rings. The van der Waals surface area contributed by atoms with E-state index < -0.39 is 4.92 Å². The van der Waals surface area contributed by atoms with Crippen molar-refractivity contribution in [3.63, 3.8) is 0 Å². The fraction of sp³-hybridized carbons (Fsp3) is 0.455. The zero-order valence-corrected chi connectivity index (χ0v) is 12.9. The maximum absolute atomic E-state index is 11.9. The molecule has 9 nitrogen and oxygen atoms in total. The molecule has 0 saturated carbocycles. The number of hydrogen-bond acceptors (Lipinski definition) is 4. The van der Waals surface area contributed by atoms with Crippen LogP contribution in [0.5, 0.6) is 0 Å². The molecule has 118 valence electrons. The molecular formula is C11H19ClN6O3. The Balaban J connectivity index is 0.00000400. The van der Waals surface area contributed by atoms with E-state index in [4.69, 9.17) is 0 Å². The average Bonchev–Trinajstić information content (AvgIpc) is 2.81. The van der Waals surface area contributed by atoms with Crippen molar-refractivity contribution in [2.24, 2.45) is 12.0 Å². The fourth-order valence-corrected chi connectivity index (χ4v) is 1.60. The molecule has 3 N–H and O–H groups in total. The number of nitrogens with one attached hydrogen (secondary N) is 3. The van der Waals surface area contributed by atoms with Crippen LogP contribution >= 0.6 is 12.4 Å². The number of nitro groups is 1. The van der Waals surface area contributed by atoms with Gasteiger partial charge in [0.05, 0.1) is 11.1 Å². The molecule has 0 aliphatic rings. The van der Waals surface area contributed by atoms with E-state index in [1.54, 1.807) is 21.1 Å². The summed E-state index contributed by atoms with van der Waals surface area (Å²) in [7, 11) is 4.96. The molecule has 0 aliphatic carbocycles. The summed E-state index contributed by atoms with van der Waals surface area (Å²) in [4.78, 5) is 25.9. The minimum atomic E-state index is -0.532. The second-order valence-corrected chi connectivity index (χ2v) is 3.96. The van der Waals surface area contributed by atoms with Crippen molar-refractivity contribution in [3.8, 4) is 0 Å². The summed E-state index contributed by atoms with van der Waals surface area (Å²) in [6.45, 7) is 0.865. The van der Waals surface area contributed by atoms with Crippen molar-refractivity contribution in [2.45, 2.75) is 0 Å². The van der Waals surface area contributed by atoms with Gasteiger partial charge in [0, 0.05) is 40.3 Å². The monoisotopic (exact) mass is 318 g/mol. The molecule has 0 aromatic carbocycles. The first-order valence-corrected chi connectivity index (χ1v) is 5.97. The van der Waals surface area contributed by atoms with Gasteiger partial charge in [0.25, 0.3) is 11.6 Å². The lowest BCUT2D eigenvalue weighted by Crippen LogP contribution is -2.40. The number of amides is 1. The van der Waals surface area contributed by atoms with Crippen molar-refractivity contribution in [1.82, 2.24) is 20.5 Å². The van der Waals surface area contributed by atoms with Crippen LogP contribution in [0.15, 0.2) is 17.3 Å². The molecule has 21 heavy (non-hydrogen) atoms. The van der Waals surface area contributed by atoms with E-state index in [-0.39, 0.29) is 29.7 Å².